The van der Waals surface area contributed by atoms with Crippen molar-refractivity contribution in [3.63, 3.8) is 0 Å². The second-order valence-electron chi connectivity index (χ2n) is 35.1. The van der Waals surface area contributed by atoms with Gasteiger partial charge in [0.25, 0.3) is 0 Å². The molecule has 3 heterocycles. The highest BCUT2D eigenvalue weighted by molar-refractivity contribution is 5.64. The number of phenolic OH excluding ortho intramolecular Hbond substituents is 6. The summed E-state index contributed by atoms with van der Waals surface area (Å²) in [6, 6.07) is 50.0. The van der Waals surface area contributed by atoms with Gasteiger partial charge in [-0.25, -0.2) is 0 Å². The van der Waals surface area contributed by atoms with E-state index in [2.05, 4.69) is 156 Å². The van der Waals surface area contributed by atoms with E-state index in [1.807, 2.05) is 72.8 Å². The lowest BCUT2D eigenvalue weighted by Crippen LogP contribution is -2.15. The van der Waals surface area contributed by atoms with Crippen LogP contribution in [0.25, 0.3) is 0 Å². The Morgan fingerprint density at radius 2 is 0.228 bits per heavy atom. The second-order valence-corrected chi connectivity index (χ2v) is 35.1. The van der Waals surface area contributed by atoms with E-state index in [0.29, 0.717) is 178 Å². The highest BCUT2D eigenvalue weighted by Gasteiger charge is 2.29. The van der Waals surface area contributed by atoms with Crippen LogP contribution in [-0.4, -0.2) is 110 Å². The molecule has 0 saturated carbocycles. The number of hydrogen-bond acceptors (Lipinski definition) is 15. The van der Waals surface area contributed by atoms with Gasteiger partial charge in [0.1, 0.15) is 109 Å². The Labute approximate surface area is 723 Å². The average molecular weight is 1650 g/mol. The first kappa shape index (κ1) is 84.7. The van der Waals surface area contributed by atoms with Gasteiger partial charge in [-0.15, -0.1) is 0 Å². The van der Waals surface area contributed by atoms with Gasteiger partial charge in [0.05, 0.1) is 39.6 Å². The third kappa shape index (κ3) is 19.3. The van der Waals surface area contributed by atoms with Crippen LogP contribution in [0, 0.1) is 83.1 Å². The van der Waals surface area contributed by atoms with Crippen LogP contribution >= 0.6 is 0 Å². The molecule has 636 valence electrons. The van der Waals surface area contributed by atoms with Gasteiger partial charge >= 0.3 is 0 Å². The first-order chi connectivity index (χ1) is 59.2. The van der Waals surface area contributed by atoms with Gasteiger partial charge in [-0.2, -0.15) is 0 Å². The SMILES string of the molecule is Cc1cc2c(O)c(c1)Cc1cc(C)cc3c1OCCOCCOc1c4cc(C)cc1Cc1cc(C)cc(c1O)Cc1cc(C)cc5c1OCCOCCOc1c(cc(C)cc1Cc1cc(C)cc(c1O)C3)Cc1cc(C)cc(c1O)Cc1cc(C)cc(c1OCCOCCOc1c(cc(C)cc1Cc1cc(C)cc(c1O)C5)Cc1cc(C)cc(c1O)C4)C2. The summed E-state index contributed by atoms with van der Waals surface area (Å²) in [5.41, 5.74) is 30.2. The van der Waals surface area contributed by atoms with Crippen LogP contribution < -0.4 is 28.4 Å². The minimum Gasteiger partial charge on any atom is -0.507 e. The molecule has 0 spiro atoms. The van der Waals surface area contributed by atoms with Crippen LogP contribution in [-0.2, 0) is 91.3 Å². The van der Waals surface area contributed by atoms with E-state index >= 15 is 0 Å². The van der Waals surface area contributed by atoms with Crippen LogP contribution in [0.1, 0.15) is 200 Å². The van der Waals surface area contributed by atoms with Crippen molar-refractivity contribution in [1.82, 2.24) is 0 Å². The minimum atomic E-state index is 0.143. The van der Waals surface area contributed by atoms with Crippen molar-refractivity contribution in [2.45, 2.75) is 160 Å². The van der Waals surface area contributed by atoms with Gasteiger partial charge in [-0.3, -0.25) is 0 Å². The summed E-state index contributed by atoms with van der Waals surface area (Å²) in [6.07, 6.45) is 3.53. The van der Waals surface area contributed by atoms with Crippen molar-refractivity contribution in [3.05, 3.63) is 346 Å². The summed E-state index contributed by atoms with van der Waals surface area (Å²) in [6.45, 7) is 26.7. The lowest BCUT2D eigenvalue weighted by atomic mass is 9.89. The summed E-state index contributed by atoms with van der Waals surface area (Å²) < 4.78 is 62.5. The molecule has 2 aliphatic carbocycles. The van der Waals surface area contributed by atoms with Gasteiger partial charge < -0.3 is 73.3 Å². The summed E-state index contributed by atoms with van der Waals surface area (Å²) >= 11 is 0. The molecule has 0 radical (unpaired) electrons. The maximum absolute atomic E-state index is 13.0. The molecule has 0 unspecified atom stereocenters. The highest BCUT2D eigenvalue weighted by Crippen LogP contribution is 2.46. The minimum absolute atomic E-state index is 0.143. The van der Waals surface area contributed by atoms with Crippen molar-refractivity contribution in [2.75, 3.05) is 79.3 Å². The van der Waals surface area contributed by atoms with E-state index < -0.39 is 0 Å². The zero-order chi connectivity index (χ0) is 86.0. The molecule has 123 heavy (non-hydrogen) atoms. The average Bonchev–Trinajstić information content (AvgIpc) is 0.788. The third-order valence-corrected chi connectivity index (χ3v) is 24.2. The molecular weight excluding hydrogens is 1540 g/mol. The number of hydrogen-bond donors (Lipinski definition) is 6. The standard InChI is InChI=1S/C108H114O15/c1-61-25-73-49-85-37-67(7)39-87-51-75-27-62(2)29-77(98(75)110)53-89-41-69(9)42-90-54-78-30-63(3)28-76(99(78)111)52-88-40-68(8)38-86(50-74(26-61)97(73)109)104(88)119-20-14-116-16-22-121-107-92-44-71(11)46-94(107)58-82-34-66(6)36-84(102(82)114)60-96-48-72(12)47-95(108(96)123-24-18-117-17-23-122-105(89)90)59-83-35-65(5)33-81(101(83)113)57-93-45-70(10)43-91(55-79-31-64(4)32-80(56-92)100(79)112)106(93)120-21-15-115-13-19-118-103(85)87/h25-48,109-114H,13-24,49-60H2,1-12H3. The number of rotatable bonds is 0. The zero-order valence-corrected chi connectivity index (χ0v) is 73.2. The van der Waals surface area contributed by atoms with Crippen molar-refractivity contribution < 1.29 is 73.3 Å². The Morgan fingerprint density at radius 3 is 0.325 bits per heavy atom. The maximum Gasteiger partial charge on any atom is 0.126 e. The summed E-state index contributed by atoms with van der Waals surface area (Å²) in [5, 5.41) is 77.9. The number of benzene rings is 12. The number of ether oxygens (including phenoxy) is 9. The molecule has 12 aromatic carbocycles. The molecule has 0 saturated heterocycles. The van der Waals surface area contributed by atoms with E-state index in [1.54, 1.807) is 0 Å². The smallest absolute Gasteiger partial charge is 0.126 e. The van der Waals surface area contributed by atoms with Crippen molar-refractivity contribution >= 4 is 0 Å². The van der Waals surface area contributed by atoms with E-state index in [-0.39, 0.29) is 114 Å². The fraction of sp³-hybridized carbons (Fsp3) is 0.333. The molecule has 6 N–H and O–H groups in total. The number of fused-ring (bicyclic) bond motifs is 18. The molecule has 5 aliphatic rings. The quantitative estimate of drug-likeness (QED) is 0.0782. The largest absolute Gasteiger partial charge is 0.507 e. The maximum atomic E-state index is 13.0. The molecule has 12 aromatic rings. The highest BCUT2D eigenvalue weighted by atomic mass is 16.6. The number of phenols is 6. The Hall–Kier alpha value is -11.9. The third-order valence-electron chi connectivity index (χ3n) is 24.2. The van der Waals surface area contributed by atoms with Crippen LogP contribution in [0.2, 0.25) is 0 Å². The molecule has 15 nitrogen and oxygen atoms in total. The molecule has 3 aliphatic heterocycles. The van der Waals surface area contributed by atoms with Crippen molar-refractivity contribution in [2.24, 2.45) is 0 Å². The van der Waals surface area contributed by atoms with Gasteiger partial charge in [0, 0.05) is 77.0 Å². The van der Waals surface area contributed by atoms with E-state index in [4.69, 9.17) is 42.6 Å². The summed E-state index contributed by atoms with van der Waals surface area (Å²) in [7, 11) is 0. The Balaban J connectivity index is 0.911. The van der Waals surface area contributed by atoms with Crippen LogP contribution in [0.5, 0.6) is 69.0 Å². The Kier molecular flexibility index (Phi) is 25.2. The second kappa shape index (κ2) is 36.7. The van der Waals surface area contributed by atoms with Crippen molar-refractivity contribution in [1.29, 1.82) is 0 Å². The summed E-state index contributed by atoms with van der Waals surface area (Å²) in [4.78, 5) is 0. The van der Waals surface area contributed by atoms with Gasteiger partial charge in [-0.05, 0) is 217 Å². The van der Waals surface area contributed by atoms with E-state index in [1.165, 1.54) is 0 Å². The first-order valence-corrected chi connectivity index (χ1v) is 43.4. The molecule has 30 bridgehead atoms. The fourth-order valence-corrected chi connectivity index (χ4v) is 19.5. The summed E-state index contributed by atoms with van der Waals surface area (Å²) in [5.74, 6) is 4.63. The monoisotopic (exact) mass is 1650 g/mol. The van der Waals surface area contributed by atoms with E-state index in [9.17, 15) is 30.6 Å². The lowest BCUT2D eigenvalue weighted by Gasteiger charge is -2.23. The van der Waals surface area contributed by atoms with Crippen LogP contribution in [0.15, 0.2) is 146 Å². The van der Waals surface area contributed by atoms with Crippen LogP contribution in [0.3, 0.4) is 0 Å². The number of aromatic hydroxyl groups is 6. The molecule has 0 aromatic heterocycles. The van der Waals surface area contributed by atoms with Gasteiger partial charge in [0.15, 0.2) is 0 Å². The predicted molar refractivity (Wildman–Crippen MR) is 483 cm³/mol. The molecular formula is C108H114O15. The fourth-order valence-electron chi connectivity index (χ4n) is 19.5. The van der Waals surface area contributed by atoms with Crippen LogP contribution in [0.4, 0.5) is 0 Å². The van der Waals surface area contributed by atoms with Crippen molar-refractivity contribution in [3.8, 4) is 69.0 Å². The van der Waals surface area contributed by atoms with Gasteiger partial charge in [-0.1, -0.05) is 212 Å². The molecule has 0 fully saturated rings. The van der Waals surface area contributed by atoms with Gasteiger partial charge in [0.2, 0.25) is 0 Å². The zero-order valence-electron chi connectivity index (χ0n) is 73.2. The molecule has 17 rings (SSSR count). The number of aryl methyl sites for hydroxylation is 12. The molecule has 15 heteroatoms. The molecule has 0 amide bonds. The Bertz CT molecular complexity index is 4830. The lowest BCUT2D eigenvalue weighted by molar-refractivity contribution is 0.0756. The van der Waals surface area contributed by atoms with E-state index in [0.717, 1.165) is 134 Å². The normalized spacial score (nSPS) is 15.0. The first-order valence-electron chi connectivity index (χ1n) is 43.4. The predicted octanol–water partition coefficient (Wildman–Crippen LogP) is 20.4. The molecule has 0 atom stereocenters. The topological polar surface area (TPSA) is 204 Å². The Morgan fingerprint density at radius 1 is 0.138 bits per heavy atom.